The van der Waals surface area contributed by atoms with E-state index in [9.17, 15) is 13.2 Å². The van der Waals surface area contributed by atoms with E-state index in [1.54, 1.807) is 0 Å². The number of nitrogens with zero attached hydrogens (tertiary/aromatic N) is 1. The van der Waals surface area contributed by atoms with E-state index in [0.29, 0.717) is 0 Å². The number of hydrogen-bond acceptors (Lipinski definition) is 2. The fourth-order valence-electron chi connectivity index (χ4n) is 0.685. The molecule has 0 aliphatic carbocycles. The van der Waals surface area contributed by atoms with Crippen LogP contribution in [0.15, 0.2) is 18.5 Å². The smallest absolute Gasteiger partial charge is 0.418 e. The second kappa shape index (κ2) is 3.00. The summed E-state index contributed by atoms with van der Waals surface area (Å²) in [6.45, 7) is 0. The minimum absolute atomic E-state index is 0.102. The van der Waals surface area contributed by atoms with Gasteiger partial charge in [-0.05, 0) is 6.07 Å². The van der Waals surface area contributed by atoms with Crippen molar-refractivity contribution in [1.82, 2.24) is 4.98 Å². The van der Waals surface area contributed by atoms with Gasteiger partial charge in [0.1, 0.15) is 5.75 Å². The van der Waals surface area contributed by atoms with Crippen molar-refractivity contribution in [3.05, 3.63) is 24.0 Å². The number of methoxy groups -OCH3 is 1. The highest BCUT2D eigenvalue weighted by molar-refractivity contribution is 5.25. The fraction of sp³-hybridized carbons (Fsp3) is 0.286. The van der Waals surface area contributed by atoms with Gasteiger partial charge < -0.3 is 4.74 Å². The van der Waals surface area contributed by atoms with Crippen LogP contribution in [0.4, 0.5) is 13.2 Å². The standard InChI is InChI=1S/C7H6F3NO/c1-12-6-2-5(3-11-4-6)7(8,9)10/h2-4H,1H3. The summed E-state index contributed by atoms with van der Waals surface area (Å²) in [5, 5.41) is 0. The van der Waals surface area contributed by atoms with Crippen molar-refractivity contribution in [3.63, 3.8) is 0 Å². The molecule has 5 heteroatoms. The zero-order valence-electron chi connectivity index (χ0n) is 6.22. The van der Waals surface area contributed by atoms with Crippen molar-refractivity contribution in [3.8, 4) is 5.75 Å². The topological polar surface area (TPSA) is 22.1 Å². The van der Waals surface area contributed by atoms with Crippen molar-refractivity contribution in [2.75, 3.05) is 7.11 Å². The van der Waals surface area contributed by atoms with Crippen LogP contribution in [-0.4, -0.2) is 12.1 Å². The van der Waals surface area contributed by atoms with Gasteiger partial charge in [-0.3, -0.25) is 4.98 Å². The van der Waals surface area contributed by atoms with E-state index in [4.69, 9.17) is 0 Å². The molecule has 1 aromatic rings. The Labute approximate surface area is 67.0 Å². The molecular weight excluding hydrogens is 171 g/mol. The molecule has 0 saturated heterocycles. The summed E-state index contributed by atoms with van der Waals surface area (Å²) in [7, 11) is 1.29. The molecule has 2 nitrogen and oxygen atoms in total. The summed E-state index contributed by atoms with van der Waals surface area (Å²) >= 11 is 0. The van der Waals surface area contributed by atoms with Gasteiger partial charge in [-0.15, -0.1) is 0 Å². The Morgan fingerprint density at radius 2 is 2.00 bits per heavy atom. The third-order valence-electron chi connectivity index (χ3n) is 1.28. The van der Waals surface area contributed by atoms with Crippen molar-refractivity contribution >= 4 is 0 Å². The summed E-state index contributed by atoms with van der Waals surface area (Å²) < 4.78 is 40.6. The Kier molecular flexibility index (Phi) is 2.21. The van der Waals surface area contributed by atoms with Gasteiger partial charge in [0.05, 0.1) is 18.9 Å². The molecule has 0 unspecified atom stereocenters. The Bertz CT molecular complexity index is 272. The third-order valence-corrected chi connectivity index (χ3v) is 1.28. The third kappa shape index (κ3) is 1.87. The number of hydrogen-bond donors (Lipinski definition) is 0. The average Bonchev–Trinajstić information content (AvgIpc) is 2.03. The zero-order valence-corrected chi connectivity index (χ0v) is 6.22. The van der Waals surface area contributed by atoms with Gasteiger partial charge in [-0.2, -0.15) is 13.2 Å². The molecule has 0 atom stereocenters. The van der Waals surface area contributed by atoms with Crippen molar-refractivity contribution < 1.29 is 17.9 Å². The summed E-state index contributed by atoms with van der Waals surface area (Å²) in [6, 6.07) is 0.896. The minimum Gasteiger partial charge on any atom is -0.495 e. The molecule has 0 aliphatic rings. The highest BCUT2D eigenvalue weighted by Crippen LogP contribution is 2.30. The molecule has 0 radical (unpaired) electrons. The number of alkyl halides is 3. The van der Waals surface area contributed by atoms with Crippen LogP contribution in [0.2, 0.25) is 0 Å². The molecule has 0 amide bonds. The Hall–Kier alpha value is -1.26. The van der Waals surface area contributed by atoms with Crippen LogP contribution in [0.5, 0.6) is 5.75 Å². The number of pyridine rings is 1. The van der Waals surface area contributed by atoms with Gasteiger partial charge in [-0.25, -0.2) is 0 Å². The first kappa shape index (κ1) is 8.83. The summed E-state index contributed by atoms with van der Waals surface area (Å²) in [6.07, 6.45) is -2.39. The Morgan fingerprint density at radius 1 is 1.33 bits per heavy atom. The van der Waals surface area contributed by atoms with Crippen LogP contribution in [0.3, 0.4) is 0 Å². The first-order valence-corrected chi connectivity index (χ1v) is 3.10. The maximum absolute atomic E-state index is 12.0. The molecule has 0 spiro atoms. The summed E-state index contributed by atoms with van der Waals surface area (Å²) in [5.74, 6) is 0.102. The molecule has 12 heavy (non-hydrogen) atoms. The molecular formula is C7H6F3NO. The van der Waals surface area contributed by atoms with Gasteiger partial charge in [0, 0.05) is 6.20 Å². The first-order chi connectivity index (χ1) is 5.54. The first-order valence-electron chi connectivity index (χ1n) is 3.10. The van der Waals surface area contributed by atoms with Crippen LogP contribution < -0.4 is 4.74 Å². The van der Waals surface area contributed by atoms with E-state index in [1.165, 1.54) is 13.3 Å². The van der Waals surface area contributed by atoms with Crippen molar-refractivity contribution in [2.24, 2.45) is 0 Å². The predicted octanol–water partition coefficient (Wildman–Crippen LogP) is 2.11. The number of rotatable bonds is 1. The molecule has 0 fully saturated rings. The van der Waals surface area contributed by atoms with Crippen LogP contribution in [0.1, 0.15) is 5.56 Å². The molecule has 1 heterocycles. The molecule has 66 valence electrons. The van der Waals surface area contributed by atoms with Gasteiger partial charge >= 0.3 is 6.18 Å². The van der Waals surface area contributed by atoms with E-state index >= 15 is 0 Å². The zero-order chi connectivity index (χ0) is 9.19. The number of halogens is 3. The highest BCUT2D eigenvalue weighted by atomic mass is 19.4. The Balaban J connectivity index is 3.02. The summed E-state index contributed by atoms with van der Waals surface area (Å²) in [5.41, 5.74) is -0.804. The maximum Gasteiger partial charge on any atom is 0.418 e. The SMILES string of the molecule is COc1cncc(C(F)(F)F)c1. The molecule has 0 bridgehead atoms. The van der Waals surface area contributed by atoms with E-state index < -0.39 is 11.7 Å². The monoisotopic (exact) mass is 177 g/mol. The lowest BCUT2D eigenvalue weighted by Crippen LogP contribution is -2.05. The van der Waals surface area contributed by atoms with Crippen LogP contribution >= 0.6 is 0 Å². The van der Waals surface area contributed by atoms with Crippen molar-refractivity contribution in [1.29, 1.82) is 0 Å². The molecule has 0 saturated carbocycles. The molecule has 1 aromatic heterocycles. The molecule has 0 aliphatic heterocycles. The quantitative estimate of drug-likeness (QED) is 0.655. The largest absolute Gasteiger partial charge is 0.495 e. The normalized spacial score (nSPS) is 11.3. The number of ether oxygens (including phenoxy) is 1. The van der Waals surface area contributed by atoms with Gasteiger partial charge in [-0.1, -0.05) is 0 Å². The van der Waals surface area contributed by atoms with E-state index in [0.717, 1.165) is 12.3 Å². The van der Waals surface area contributed by atoms with E-state index in [2.05, 4.69) is 9.72 Å². The van der Waals surface area contributed by atoms with Gasteiger partial charge in [0.15, 0.2) is 0 Å². The second-order valence-corrected chi connectivity index (χ2v) is 2.11. The fourth-order valence-corrected chi connectivity index (χ4v) is 0.685. The number of aromatic nitrogens is 1. The predicted molar refractivity (Wildman–Crippen MR) is 35.8 cm³/mol. The van der Waals surface area contributed by atoms with E-state index in [1.807, 2.05) is 0 Å². The molecule has 1 rings (SSSR count). The lowest BCUT2D eigenvalue weighted by molar-refractivity contribution is -0.137. The second-order valence-electron chi connectivity index (χ2n) is 2.11. The van der Waals surface area contributed by atoms with Crippen LogP contribution in [0, 0.1) is 0 Å². The molecule has 0 aromatic carbocycles. The van der Waals surface area contributed by atoms with Gasteiger partial charge in [0.2, 0.25) is 0 Å². The lowest BCUT2D eigenvalue weighted by Gasteiger charge is -2.06. The van der Waals surface area contributed by atoms with Crippen LogP contribution in [-0.2, 0) is 6.18 Å². The van der Waals surface area contributed by atoms with Crippen LogP contribution in [0.25, 0.3) is 0 Å². The van der Waals surface area contributed by atoms with E-state index in [-0.39, 0.29) is 5.75 Å². The molecule has 0 N–H and O–H groups in total. The average molecular weight is 177 g/mol. The van der Waals surface area contributed by atoms with Crippen molar-refractivity contribution in [2.45, 2.75) is 6.18 Å². The Morgan fingerprint density at radius 3 is 2.50 bits per heavy atom. The maximum atomic E-state index is 12.0. The minimum atomic E-state index is -4.36. The summed E-state index contributed by atoms with van der Waals surface area (Å²) in [4.78, 5) is 3.38. The highest BCUT2D eigenvalue weighted by Gasteiger charge is 2.31. The van der Waals surface area contributed by atoms with Gasteiger partial charge in [0.25, 0.3) is 0 Å². The lowest BCUT2D eigenvalue weighted by atomic mass is 10.3.